The van der Waals surface area contributed by atoms with Gasteiger partial charge in [0.25, 0.3) is 5.91 Å². The van der Waals surface area contributed by atoms with E-state index in [9.17, 15) is 9.59 Å². The number of pyridine rings is 1. The highest BCUT2D eigenvalue weighted by molar-refractivity contribution is 6.39. The normalized spacial score (nSPS) is 21.3. The van der Waals surface area contributed by atoms with E-state index < -0.39 is 18.0 Å². The molecule has 2 aromatic heterocycles. The summed E-state index contributed by atoms with van der Waals surface area (Å²) < 4.78 is 23.2. The van der Waals surface area contributed by atoms with E-state index in [4.69, 9.17) is 32.9 Å². The summed E-state index contributed by atoms with van der Waals surface area (Å²) in [6.45, 7) is 6.83. The molecule has 0 spiro atoms. The third-order valence-electron chi connectivity index (χ3n) is 8.45. The predicted octanol–water partition coefficient (Wildman–Crippen LogP) is 4.48. The first kappa shape index (κ1) is 27.9. The molecule has 0 saturated carbocycles. The van der Waals surface area contributed by atoms with E-state index in [0.29, 0.717) is 51.3 Å². The van der Waals surface area contributed by atoms with Gasteiger partial charge in [0, 0.05) is 46.1 Å². The van der Waals surface area contributed by atoms with Crippen molar-refractivity contribution < 1.29 is 18.7 Å². The standard InChI is InChI=1S/C30H28Cl2FN7O3/c1-5-22(41)38-13-21-30(42)40-12-15(11-37(3)4)43-29-28(40)27(39(21)10-14(38)2)16-8-19(32)24(25(33)26(16)35-29)23-17-9-34-36-20(17)7-6-18(23)31/h5-9,14-15,21H,1,10-13H2,2-4H3,(H,34,36)/t14-,15-,21-/m1/s1. The van der Waals surface area contributed by atoms with Gasteiger partial charge < -0.3 is 24.3 Å². The van der Waals surface area contributed by atoms with E-state index >= 15 is 4.39 Å². The molecule has 0 unspecified atom stereocenters. The van der Waals surface area contributed by atoms with Gasteiger partial charge in [-0.25, -0.2) is 9.37 Å². The maximum atomic E-state index is 16.9. The molecule has 3 aliphatic heterocycles. The number of ether oxygens (including phenoxy) is 1. The molecule has 1 saturated heterocycles. The fourth-order valence-electron chi connectivity index (χ4n) is 6.60. The molecule has 2 amide bonds. The number of nitrogens with zero attached hydrogens (tertiary/aromatic N) is 6. The van der Waals surface area contributed by atoms with Gasteiger partial charge in [-0.15, -0.1) is 0 Å². The molecular formula is C30H28Cl2FN7O3. The zero-order valence-corrected chi connectivity index (χ0v) is 25.2. The molecule has 0 aliphatic carbocycles. The molecule has 7 rings (SSSR count). The summed E-state index contributed by atoms with van der Waals surface area (Å²) in [7, 11) is 3.82. The van der Waals surface area contributed by atoms with Crippen molar-refractivity contribution in [1.82, 2.24) is 25.0 Å². The van der Waals surface area contributed by atoms with Gasteiger partial charge in [0.1, 0.15) is 23.3 Å². The largest absolute Gasteiger partial charge is 0.470 e. The molecule has 5 heterocycles. The molecule has 222 valence electrons. The number of carbonyl (C=O) groups excluding carboxylic acids is 2. The number of amides is 2. The first-order valence-corrected chi connectivity index (χ1v) is 14.6. The molecule has 2 aromatic carbocycles. The first-order valence-electron chi connectivity index (χ1n) is 13.9. The van der Waals surface area contributed by atoms with Crippen LogP contribution < -0.4 is 14.5 Å². The van der Waals surface area contributed by atoms with Crippen molar-refractivity contribution in [3.05, 3.63) is 52.9 Å². The van der Waals surface area contributed by atoms with E-state index in [2.05, 4.69) is 16.8 Å². The van der Waals surface area contributed by atoms with Crippen LogP contribution in [-0.2, 0) is 9.59 Å². The SMILES string of the molecule is C=CC(=O)N1C[C@@H]2C(=O)N3C[C@@H](CN(C)C)Oc4nc5c(F)c(-c6c(Cl)ccc7[nH]ncc67)c(Cl)cc5c(c43)N2C[C@H]1C. The average molecular weight is 625 g/mol. The fourth-order valence-corrected chi connectivity index (χ4v) is 7.15. The Bertz CT molecular complexity index is 1860. The molecule has 10 nitrogen and oxygen atoms in total. The van der Waals surface area contributed by atoms with Crippen LogP contribution in [0.3, 0.4) is 0 Å². The summed E-state index contributed by atoms with van der Waals surface area (Å²) in [4.78, 5) is 38.7. The smallest absolute Gasteiger partial charge is 0.251 e. The summed E-state index contributed by atoms with van der Waals surface area (Å²) >= 11 is 13.5. The number of anilines is 2. The lowest BCUT2D eigenvalue weighted by Crippen LogP contribution is -2.67. The summed E-state index contributed by atoms with van der Waals surface area (Å²) in [5, 5.41) is 8.48. The number of fused-ring (bicyclic) bond motifs is 5. The lowest BCUT2D eigenvalue weighted by atomic mass is 9.94. The first-order chi connectivity index (χ1) is 20.6. The number of aromatic amines is 1. The second-order valence-electron chi connectivity index (χ2n) is 11.5. The Morgan fingerprint density at radius 3 is 2.72 bits per heavy atom. The second kappa shape index (κ2) is 10.1. The number of hydrogen-bond acceptors (Lipinski definition) is 7. The minimum absolute atomic E-state index is 0.0421. The molecule has 4 aromatic rings. The van der Waals surface area contributed by atoms with Crippen molar-refractivity contribution in [3.8, 4) is 17.0 Å². The van der Waals surface area contributed by atoms with Gasteiger partial charge in [-0.3, -0.25) is 14.7 Å². The van der Waals surface area contributed by atoms with E-state index in [0.717, 1.165) is 0 Å². The fraction of sp³-hybridized carbons (Fsp3) is 0.333. The van der Waals surface area contributed by atoms with Gasteiger partial charge in [-0.1, -0.05) is 29.8 Å². The zero-order chi connectivity index (χ0) is 30.3. The Labute approximate surface area is 256 Å². The Hall–Kier alpha value is -3.93. The van der Waals surface area contributed by atoms with E-state index in [1.807, 2.05) is 30.8 Å². The van der Waals surface area contributed by atoms with Crippen molar-refractivity contribution in [2.45, 2.75) is 25.1 Å². The topological polar surface area (TPSA) is 97.9 Å². The van der Waals surface area contributed by atoms with Gasteiger partial charge in [0.05, 0.1) is 35.5 Å². The Morgan fingerprint density at radius 2 is 1.98 bits per heavy atom. The van der Waals surface area contributed by atoms with E-state index in [-0.39, 0.29) is 52.9 Å². The predicted molar refractivity (Wildman–Crippen MR) is 165 cm³/mol. The van der Waals surface area contributed by atoms with Gasteiger partial charge in [-0.2, -0.15) is 5.10 Å². The minimum atomic E-state index is -0.695. The highest BCUT2D eigenvalue weighted by Gasteiger charge is 2.49. The lowest BCUT2D eigenvalue weighted by Gasteiger charge is -2.52. The summed E-state index contributed by atoms with van der Waals surface area (Å²) in [5.41, 5.74) is 2.30. The van der Waals surface area contributed by atoms with E-state index in [1.54, 1.807) is 34.2 Å². The van der Waals surface area contributed by atoms with Crippen molar-refractivity contribution in [1.29, 1.82) is 0 Å². The van der Waals surface area contributed by atoms with Crippen LogP contribution in [0.5, 0.6) is 5.88 Å². The second-order valence-corrected chi connectivity index (χ2v) is 12.3. The Balaban J connectivity index is 1.49. The van der Waals surface area contributed by atoms with Crippen molar-refractivity contribution in [2.75, 3.05) is 50.1 Å². The quantitative estimate of drug-likeness (QED) is 0.335. The Kier molecular flexibility index (Phi) is 6.53. The van der Waals surface area contributed by atoms with E-state index in [1.165, 1.54) is 6.08 Å². The van der Waals surface area contributed by atoms with Crippen LogP contribution in [0.25, 0.3) is 32.9 Å². The molecule has 1 fully saturated rings. The maximum absolute atomic E-state index is 16.9. The molecule has 0 radical (unpaired) electrons. The molecule has 3 atom stereocenters. The minimum Gasteiger partial charge on any atom is -0.470 e. The van der Waals surface area contributed by atoms with Crippen molar-refractivity contribution in [3.63, 3.8) is 0 Å². The molecule has 0 bridgehead atoms. The molecule has 3 aliphatic rings. The van der Waals surface area contributed by atoms with Crippen molar-refractivity contribution in [2.24, 2.45) is 0 Å². The highest BCUT2D eigenvalue weighted by atomic mass is 35.5. The summed E-state index contributed by atoms with van der Waals surface area (Å²) in [6, 6.07) is 4.16. The Morgan fingerprint density at radius 1 is 1.19 bits per heavy atom. The highest BCUT2D eigenvalue weighted by Crippen LogP contribution is 2.52. The third kappa shape index (κ3) is 4.16. The molecule has 1 N–H and O–H groups in total. The number of rotatable bonds is 4. The number of H-pyrrole nitrogens is 1. The number of nitrogens with one attached hydrogen (secondary N) is 1. The summed E-state index contributed by atoms with van der Waals surface area (Å²) in [5.74, 6) is -0.909. The molecular weight excluding hydrogens is 596 g/mol. The average Bonchev–Trinajstić information content (AvgIpc) is 3.44. The summed E-state index contributed by atoms with van der Waals surface area (Å²) in [6.07, 6.45) is 2.43. The monoisotopic (exact) mass is 623 g/mol. The lowest BCUT2D eigenvalue weighted by molar-refractivity contribution is -0.131. The number of benzene rings is 2. The number of hydrogen-bond donors (Lipinski definition) is 1. The van der Waals surface area contributed by atoms with Gasteiger partial charge in [0.2, 0.25) is 11.8 Å². The van der Waals surface area contributed by atoms with Gasteiger partial charge >= 0.3 is 0 Å². The number of carbonyl (C=O) groups is 2. The zero-order valence-electron chi connectivity index (χ0n) is 23.7. The van der Waals surface area contributed by atoms with Gasteiger partial charge in [-0.05, 0) is 45.3 Å². The van der Waals surface area contributed by atoms with Crippen LogP contribution in [0.1, 0.15) is 6.92 Å². The number of likely N-dealkylation sites (N-methyl/N-ethyl adjacent to an activating group) is 1. The van der Waals surface area contributed by atoms with Gasteiger partial charge in [0.15, 0.2) is 5.82 Å². The third-order valence-corrected chi connectivity index (χ3v) is 9.06. The van der Waals surface area contributed by atoms with Crippen LogP contribution in [0, 0.1) is 5.82 Å². The molecule has 43 heavy (non-hydrogen) atoms. The van der Waals surface area contributed by atoms with Crippen LogP contribution in [0.4, 0.5) is 15.8 Å². The molecule has 13 heteroatoms. The number of halogens is 3. The number of piperazine rings is 1. The maximum Gasteiger partial charge on any atom is 0.251 e. The van der Waals surface area contributed by atoms with Crippen LogP contribution >= 0.6 is 23.2 Å². The van der Waals surface area contributed by atoms with Crippen molar-refractivity contribution >= 4 is 68.2 Å². The van der Waals surface area contributed by atoms with Crippen LogP contribution in [0.2, 0.25) is 10.0 Å². The van der Waals surface area contributed by atoms with Crippen LogP contribution in [-0.4, -0.2) is 95.3 Å². The van der Waals surface area contributed by atoms with Crippen LogP contribution in [0.15, 0.2) is 37.1 Å². The number of aromatic nitrogens is 3.